The van der Waals surface area contributed by atoms with Crippen LogP contribution in [0.1, 0.15) is 6.92 Å². The second kappa shape index (κ2) is 8.91. The molecule has 0 saturated heterocycles. The molecule has 0 aliphatic carbocycles. The van der Waals surface area contributed by atoms with Crippen LogP contribution in [-0.4, -0.2) is 28.1 Å². The number of anilines is 2. The van der Waals surface area contributed by atoms with Crippen LogP contribution >= 0.6 is 0 Å². The number of nitrogens with one attached hydrogen (secondary N) is 2. The Balaban J connectivity index is 1.76. The first-order valence-electron chi connectivity index (χ1n) is 9.02. The van der Waals surface area contributed by atoms with Crippen LogP contribution in [0.3, 0.4) is 0 Å². The van der Waals surface area contributed by atoms with Crippen LogP contribution in [0.25, 0.3) is 5.69 Å². The lowest BCUT2D eigenvalue weighted by atomic mass is 10.2. The third kappa shape index (κ3) is 4.64. The van der Waals surface area contributed by atoms with Crippen LogP contribution in [0.15, 0.2) is 70.5 Å². The first-order valence-corrected chi connectivity index (χ1v) is 9.02. The van der Waals surface area contributed by atoms with E-state index >= 15 is 0 Å². The van der Waals surface area contributed by atoms with Crippen LogP contribution in [0, 0.1) is 0 Å². The molecule has 0 aliphatic heterocycles. The second-order valence-corrected chi connectivity index (χ2v) is 6.38. The molecular weight excluding hydrogens is 388 g/mol. The molecular formula is C21H20N4O5. The second-order valence-electron chi connectivity index (χ2n) is 6.38. The lowest BCUT2D eigenvalue weighted by molar-refractivity contribution is -0.117. The summed E-state index contributed by atoms with van der Waals surface area (Å²) in [6.07, 6.45) is 2.78. The fourth-order valence-corrected chi connectivity index (χ4v) is 2.85. The smallest absolute Gasteiger partial charge is 0.321 e. The summed E-state index contributed by atoms with van der Waals surface area (Å²) in [5, 5.41) is 5.26. The van der Waals surface area contributed by atoms with E-state index in [0.29, 0.717) is 22.8 Å². The zero-order valence-electron chi connectivity index (χ0n) is 16.4. The molecule has 0 unspecified atom stereocenters. The van der Waals surface area contributed by atoms with Crippen molar-refractivity contribution in [3.63, 3.8) is 0 Å². The molecule has 0 bridgehead atoms. The van der Waals surface area contributed by atoms with E-state index in [1.54, 1.807) is 48.5 Å². The molecule has 0 saturated carbocycles. The number of carbonyl (C=O) groups is 2. The van der Waals surface area contributed by atoms with Crippen molar-refractivity contribution in [3.8, 4) is 11.4 Å². The van der Waals surface area contributed by atoms with Crippen LogP contribution < -0.4 is 26.5 Å². The molecule has 30 heavy (non-hydrogen) atoms. The number of carbonyl (C=O) groups excluding carboxylic acids is 2. The number of benzene rings is 2. The number of hydrogen-bond donors (Lipinski definition) is 2. The van der Waals surface area contributed by atoms with Gasteiger partial charge in [-0.25, -0.2) is 0 Å². The predicted octanol–water partition coefficient (Wildman–Crippen LogP) is 1.60. The van der Waals surface area contributed by atoms with E-state index in [-0.39, 0.29) is 12.5 Å². The average molecular weight is 408 g/mol. The van der Waals surface area contributed by atoms with Crippen molar-refractivity contribution in [1.82, 2.24) is 9.13 Å². The number of amides is 2. The minimum Gasteiger partial charge on any atom is -0.495 e. The van der Waals surface area contributed by atoms with Gasteiger partial charge in [-0.1, -0.05) is 12.1 Å². The molecule has 0 radical (unpaired) electrons. The van der Waals surface area contributed by atoms with Crippen molar-refractivity contribution in [2.24, 2.45) is 0 Å². The van der Waals surface area contributed by atoms with Crippen LogP contribution in [0.5, 0.6) is 5.75 Å². The average Bonchev–Trinajstić information content (AvgIpc) is 2.73. The van der Waals surface area contributed by atoms with Gasteiger partial charge in [0.25, 0.3) is 0 Å². The minimum absolute atomic E-state index is 0.200. The fourth-order valence-electron chi connectivity index (χ4n) is 2.85. The molecule has 0 atom stereocenters. The summed E-state index contributed by atoms with van der Waals surface area (Å²) < 4.78 is 7.44. The van der Waals surface area contributed by atoms with E-state index in [9.17, 15) is 19.2 Å². The van der Waals surface area contributed by atoms with E-state index in [1.165, 1.54) is 31.0 Å². The van der Waals surface area contributed by atoms with Gasteiger partial charge in [-0.2, -0.15) is 0 Å². The number of nitrogens with zero attached hydrogens (tertiary/aromatic N) is 2. The minimum atomic E-state index is -0.834. The molecule has 3 rings (SSSR count). The molecule has 1 heterocycles. The molecule has 2 N–H and O–H groups in total. The Kier molecular flexibility index (Phi) is 6.11. The normalized spacial score (nSPS) is 10.3. The SMILES string of the molecule is COc1ccccc1-n1ccn(CC(=O)Nc2ccc(NC(C)=O)cc2)c(=O)c1=O. The van der Waals surface area contributed by atoms with Crippen molar-refractivity contribution in [3.05, 3.63) is 81.6 Å². The van der Waals surface area contributed by atoms with E-state index < -0.39 is 17.0 Å². The monoisotopic (exact) mass is 408 g/mol. The van der Waals surface area contributed by atoms with Gasteiger partial charge in [-0.3, -0.25) is 28.3 Å². The maximum absolute atomic E-state index is 12.5. The topological polar surface area (TPSA) is 111 Å². The van der Waals surface area contributed by atoms with Gasteiger partial charge in [-0.05, 0) is 36.4 Å². The predicted molar refractivity (Wildman–Crippen MR) is 112 cm³/mol. The first kappa shape index (κ1) is 20.6. The molecule has 154 valence electrons. The van der Waals surface area contributed by atoms with Crippen molar-refractivity contribution in [2.75, 3.05) is 17.7 Å². The Bertz CT molecular complexity index is 1200. The van der Waals surface area contributed by atoms with Gasteiger partial charge in [0, 0.05) is 30.7 Å². The van der Waals surface area contributed by atoms with Gasteiger partial charge in [0.15, 0.2) is 0 Å². The lowest BCUT2D eigenvalue weighted by Gasteiger charge is -2.12. The van der Waals surface area contributed by atoms with E-state index in [0.717, 1.165) is 4.57 Å². The molecule has 9 nitrogen and oxygen atoms in total. The zero-order chi connectivity index (χ0) is 21.7. The molecule has 3 aromatic rings. The largest absolute Gasteiger partial charge is 0.495 e. The first-order chi connectivity index (χ1) is 14.4. The molecule has 2 amide bonds. The molecule has 9 heteroatoms. The molecule has 0 fully saturated rings. The highest BCUT2D eigenvalue weighted by Gasteiger charge is 2.12. The van der Waals surface area contributed by atoms with Crippen molar-refractivity contribution < 1.29 is 14.3 Å². The molecule has 2 aromatic carbocycles. The summed E-state index contributed by atoms with van der Waals surface area (Å²) >= 11 is 0. The van der Waals surface area contributed by atoms with Gasteiger partial charge in [0.2, 0.25) is 11.8 Å². The molecule has 0 aliphatic rings. The quantitative estimate of drug-likeness (QED) is 0.602. The summed E-state index contributed by atoms with van der Waals surface area (Å²) in [6.45, 7) is 1.07. The standard InChI is InChI=1S/C21H20N4O5/c1-14(26)22-15-7-9-16(10-8-15)23-19(27)13-24-11-12-25(21(29)20(24)28)17-5-3-4-6-18(17)30-2/h3-12H,13H2,1-2H3,(H,22,26)(H,23,27). The Morgan fingerprint density at radius 3 is 2.17 bits per heavy atom. The van der Waals surface area contributed by atoms with Crippen molar-refractivity contribution in [1.29, 1.82) is 0 Å². The lowest BCUT2D eigenvalue weighted by Crippen LogP contribution is -2.41. The maximum Gasteiger partial charge on any atom is 0.321 e. The van der Waals surface area contributed by atoms with Crippen molar-refractivity contribution >= 4 is 23.2 Å². The Morgan fingerprint density at radius 1 is 0.900 bits per heavy atom. The summed E-state index contributed by atoms with van der Waals surface area (Å²) in [4.78, 5) is 48.3. The zero-order valence-corrected chi connectivity index (χ0v) is 16.4. The van der Waals surface area contributed by atoms with Crippen LogP contribution in [-0.2, 0) is 16.1 Å². The highest BCUT2D eigenvalue weighted by Crippen LogP contribution is 2.20. The molecule has 0 spiro atoms. The Labute approximate surface area is 171 Å². The number of ether oxygens (including phenoxy) is 1. The van der Waals surface area contributed by atoms with Gasteiger partial charge < -0.3 is 15.4 Å². The third-order valence-electron chi connectivity index (χ3n) is 4.21. The van der Waals surface area contributed by atoms with Gasteiger partial charge in [0.1, 0.15) is 12.3 Å². The van der Waals surface area contributed by atoms with E-state index in [2.05, 4.69) is 10.6 Å². The number of para-hydroxylation sites is 2. The Morgan fingerprint density at radius 2 is 1.53 bits per heavy atom. The summed E-state index contributed by atoms with van der Waals surface area (Å²) in [6, 6.07) is 13.3. The van der Waals surface area contributed by atoms with E-state index in [1.807, 2.05) is 0 Å². The van der Waals surface area contributed by atoms with Crippen molar-refractivity contribution in [2.45, 2.75) is 13.5 Å². The third-order valence-corrected chi connectivity index (χ3v) is 4.21. The number of hydrogen-bond acceptors (Lipinski definition) is 5. The van der Waals surface area contributed by atoms with Gasteiger partial charge in [0.05, 0.1) is 12.8 Å². The Hall–Kier alpha value is -4.14. The fraction of sp³-hybridized carbons (Fsp3) is 0.143. The maximum atomic E-state index is 12.5. The number of methoxy groups -OCH3 is 1. The summed E-state index contributed by atoms with van der Waals surface area (Å²) in [5.41, 5.74) is -0.117. The summed E-state index contributed by atoms with van der Waals surface area (Å²) in [5.74, 6) is -0.231. The highest BCUT2D eigenvalue weighted by molar-refractivity contribution is 5.92. The van der Waals surface area contributed by atoms with Gasteiger partial charge in [-0.15, -0.1) is 0 Å². The summed E-state index contributed by atoms with van der Waals surface area (Å²) in [7, 11) is 1.47. The van der Waals surface area contributed by atoms with E-state index in [4.69, 9.17) is 4.74 Å². The number of aromatic nitrogens is 2. The van der Waals surface area contributed by atoms with Crippen LogP contribution in [0.2, 0.25) is 0 Å². The highest BCUT2D eigenvalue weighted by atomic mass is 16.5. The van der Waals surface area contributed by atoms with Gasteiger partial charge >= 0.3 is 11.1 Å². The number of rotatable bonds is 6. The van der Waals surface area contributed by atoms with Crippen LogP contribution in [0.4, 0.5) is 11.4 Å². The molecule has 1 aromatic heterocycles.